The van der Waals surface area contributed by atoms with Crippen molar-refractivity contribution in [2.75, 3.05) is 0 Å². The second-order valence-electron chi connectivity index (χ2n) is 10.2. The third-order valence-corrected chi connectivity index (χ3v) is 7.93. The van der Waals surface area contributed by atoms with Crippen molar-refractivity contribution in [3.63, 3.8) is 0 Å². The summed E-state index contributed by atoms with van der Waals surface area (Å²) in [5.74, 6) is 0. The third-order valence-electron chi connectivity index (χ3n) is 7.38. The van der Waals surface area contributed by atoms with Gasteiger partial charge in [-0.1, -0.05) is 121 Å². The molecule has 0 heterocycles. The highest BCUT2D eigenvalue weighted by atomic mass is 27.1. The molecule has 0 bridgehead atoms. The van der Waals surface area contributed by atoms with Crippen LogP contribution < -0.4 is 0 Å². The van der Waals surface area contributed by atoms with Gasteiger partial charge >= 0.3 is 16.6 Å². The summed E-state index contributed by atoms with van der Waals surface area (Å²) < 4.78 is 32.2. The number of ether oxygens (including phenoxy) is 4. The Labute approximate surface area is 250 Å². The summed E-state index contributed by atoms with van der Waals surface area (Å²) >= 11 is 0.410. The molecule has 4 aromatic rings. The molecule has 6 atom stereocenters. The van der Waals surface area contributed by atoms with Crippen LogP contribution in [0.2, 0.25) is 0 Å². The number of aliphatic hydroxyl groups is 1. The third kappa shape index (κ3) is 8.14. The molecular weight excluding hydrogens is 531 g/mol. The van der Waals surface area contributed by atoms with Gasteiger partial charge in [-0.25, -0.2) is 0 Å². The molecule has 1 aliphatic rings. The minimum atomic E-state index is -0.977. The van der Waals surface area contributed by atoms with Crippen LogP contribution in [0.25, 0.3) is 0 Å². The molecule has 7 heteroatoms. The smallest absolute Gasteiger partial charge is 0.410 e. The van der Waals surface area contributed by atoms with Crippen molar-refractivity contribution in [2.45, 2.75) is 63.1 Å². The van der Waals surface area contributed by atoms with Gasteiger partial charge in [-0.3, -0.25) is 0 Å². The van der Waals surface area contributed by atoms with Crippen molar-refractivity contribution >= 4 is 16.6 Å². The summed E-state index contributed by atoms with van der Waals surface area (Å²) in [6.45, 7) is 1.37. The first kappa shape index (κ1) is 29.7. The Balaban J connectivity index is 1.45. The maximum absolute atomic E-state index is 11.7. The summed E-state index contributed by atoms with van der Waals surface area (Å²) in [5.41, 5.74) is 4.09. The Morgan fingerprint density at radius 3 is 1.00 bits per heavy atom. The lowest BCUT2D eigenvalue weighted by molar-refractivity contribution is -0.269. The lowest BCUT2D eigenvalue weighted by atomic mass is 9.84. The standard InChI is InChI=1S/C34H35O6.Al.2H/c35-29-30(36)32(38-22-26-15-7-2-8-16-26)34(40-24-28-19-11-4-12-20-28)33(39-23-27-17-9-3-10-18-27)31(29)37-21-25-13-5-1-6-14-25;;;/h1-20,29-35H,21-24H2;;;/q-1;+1;;. The lowest BCUT2D eigenvalue weighted by Crippen LogP contribution is -2.66. The number of hydrogen-bond acceptors (Lipinski definition) is 6. The zero-order chi connectivity index (χ0) is 28.3. The molecular formula is C34H37AlO6. The minimum Gasteiger partial charge on any atom is -0.500 e. The number of aliphatic hydroxyl groups excluding tert-OH is 1. The van der Waals surface area contributed by atoms with E-state index in [0.29, 0.717) is 43.1 Å². The highest BCUT2D eigenvalue weighted by molar-refractivity contribution is 5.98. The van der Waals surface area contributed by atoms with Gasteiger partial charge in [-0.15, -0.1) is 0 Å². The van der Waals surface area contributed by atoms with Gasteiger partial charge in [0, 0.05) is 0 Å². The summed E-state index contributed by atoms with van der Waals surface area (Å²) in [7, 11) is 0. The van der Waals surface area contributed by atoms with E-state index in [0.717, 1.165) is 22.3 Å². The first-order valence-corrected chi connectivity index (χ1v) is 14.9. The van der Waals surface area contributed by atoms with Crippen LogP contribution >= 0.6 is 0 Å². The number of benzene rings is 4. The lowest BCUT2D eigenvalue weighted by Gasteiger charge is -2.48. The molecule has 41 heavy (non-hydrogen) atoms. The van der Waals surface area contributed by atoms with Gasteiger partial charge in [0.1, 0.15) is 30.5 Å². The van der Waals surface area contributed by atoms with E-state index in [1.165, 1.54) is 0 Å². The van der Waals surface area contributed by atoms with Crippen LogP contribution in [-0.4, -0.2) is 58.4 Å². The van der Waals surface area contributed by atoms with Crippen molar-refractivity contribution < 1.29 is 27.8 Å². The molecule has 1 fully saturated rings. The largest absolute Gasteiger partial charge is 0.500 e. The van der Waals surface area contributed by atoms with Gasteiger partial charge in [-0.2, -0.15) is 0 Å². The summed E-state index contributed by atoms with van der Waals surface area (Å²) in [5, 5.41) is 11.7. The Hall–Kier alpha value is -2.83. The predicted octanol–water partition coefficient (Wildman–Crippen LogP) is 4.64. The molecule has 5 rings (SSSR count). The van der Waals surface area contributed by atoms with Crippen LogP contribution in [0, 0.1) is 0 Å². The van der Waals surface area contributed by atoms with Gasteiger partial charge in [0.25, 0.3) is 0 Å². The molecule has 0 saturated heterocycles. The molecule has 0 amide bonds. The Morgan fingerprint density at radius 2 is 0.683 bits per heavy atom. The van der Waals surface area contributed by atoms with Crippen LogP contribution in [0.1, 0.15) is 22.3 Å². The second-order valence-corrected chi connectivity index (χ2v) is 10.7. The van der Waals surface area contributed by atoms with Gasteiger partial charge in [0.2, 0.25) is 0 Å². The van der Waals surface area contributed by atoms with E-state index in [2.05, 4.69) is 0 Å². The first-order chi connectivity index (χ1) is 20.2. The molecule has 4 aromatic carbocycles. The fourth-order valence-corrected chi connectivity index (χ4v) is 5.79. The molecule has 212 valence electrons. The second kappa shape index (κ2) is 15.4. The van der Waals surface area contributed by atoms with E-state index in [9.17, 15) is 5.11 Å². The highest BCUT2D eigenvalue weighted by Crippen LogP contribution is 2.34. The Bertz CT molecular complexity index is 1280. The SMILES string of the molecule is OC1C([O][AlH2])C(OCc2ccccc2)C(OCc2ccccc2)C(OCc2ccccc2)C1OCc1ccccc1. The number of rotatable bonds is 13. The van der Waals surface area contributed by atoms with Gasteiger partial charge in [-0.05, 0) is 22.3 Å². The summed E-state index contributed by atoms with van der Waals surface area (Å²) in [6.07, 6.45) is -4.07. The molecule has 0 aliphatic heterocycles. The molecule has 0 radical (unpaired) electrons. The van der Waals surface area contributed by atoms with Crippen LogP contribution in [0.15, 0.2) is 121 Å². The molecule has 1 N–H and O–H groups in total. The van der Waals surface area contributed by atoms with Crippen LogP contribution in [-0.2, 0) is 49.2 Å². The topological polar surface area (TPSA) is 66.4 Å². The van der Waals surface area contributed by atoms with Gasteiger partial charge < -0.3 is 27.8 Å². The summed E-state index contributed by atoms with van der Waals surface area (Å²) in [4.78, 5) is 0. The van der Waals surface area contributed by atoms with Crippen molar-refractivity contribution in [3.05, 3.63) is 144 Å². The minimum absolute atomic E-state index is 0.322. The molecule has 1 saturated carbocycles. The molecule has 0 spiro atoms. The Morgan fingerprint density at radius 1 is 0.415 bits per heavy atom. The quantitative estimate of drug-likeness (QED) is 0.237. The zero-order valence-corrected chi connectivity index (χ0v) is 25.3. The van der Waals surface area contributed by atoms with E-state index >= 15 is 0 Å². The van der Waals surface area contributed by atoms with Gasteiger partial charge in [0.05, 0.1) is 32.5 Å². The average molecular weight is 569 g/mol. The van der Waals surface area contributed by atoms with Crippen molar-refractivity contribution in [3.8, 4) is 0 Å². The van der Waals surface area contributed by atoms with E-state index in [1.54, 1.807) is 0 Å². The predicted molar refractivity (Wildman–Crippen MR) is 159 cm³/mol. The summed E-state index contributed by atoms with van der Waals surface area (Å²) in [6, 6.07) is 39.9. The normalized spacial score (nSPS) is 24.2. The highest BCUT2D eigenvalue weighted by Gasteiger charge is 2.53. The molecule has 0 aromatic heterocycles. The van der Waals surface area contributed by atoms with E-state index in [1.807, 2.05) is 121 Å². The number of hydrogen-bond donors (Lipinski definition) is 1. The molecule has 6 nitrogen and oxygen atoms in total. The fraction of sp³-hybridized carbons (Fsp3) is 0.294. The Kier molecular flexibility index (Phi) is 11.2. The van der Waals surface area contributed by atoms with E-state index in [-0.39, 0.29) is 0 Å². The van der Waals surface area contributed by atoms with E-state index in [4.69, 9.17) is 22.7 Å². The van der Waals surface area contributed by atoms with Crippen molar-refractivity contribution in [1.82, 2.24) is 0 Å². The van der Waals surface area contributed by atoms with Crippen LogP contribution in [0.3, 0.4) is 0 Å². The van der Waals surface area contributed by atoms with Gasteiger partial charge in [0.15, 0.2) is 0 Å². The molecule has 6 unspecified atom stereocenters. The maximum atomic E-state index is 11.7. The van der Waals surface area contributed by atoms with E-state index < -0.39 is 36.6 Å². The van der Waals surface area contributed by atoms with Crippen LogP contribution in [0.5, 0.6) is 0 Å². The van der Waals surface area contributed by atoms with Crippen molar-refractivity contribution in [1.29, 1.82) is 0 Å². The zero-order valence-electron chi connectivity index (χ0n) is 23.3. The fourth-order valence-electron chi connectivity index (χ4n) is 5.24. The van der Waals surface area contributed by atoms with Crippen LogP contribution in [0.4, 0.5) is 0 Å². The average Bonchev–Trinajstić information content (AvgIpc) is 3.03. The first-order valence-electron chi connectivity index (χ1n) is 14.1. The maximum Gasteiger partial charge on any atom is 0.410 e. The molecule has 1 aliphatic carbocycles. The van der Waals surface area contributed by atoms with Crippen molar-refractivity contribution in [2.24, 2.45) is 0 Å². The monoisotopic (exact) mass is 568 g/mol.